The fraction of sp³-hybridized carbons (Fsp3) is 0.471. The van der Waals surface area contributed by atoms with Crippen molar-refractivity contribution in [1.82, 2.24) is 9.88 Å². The lowest BCUT2D eigenvalue weighted by atomic mass is 10.1. The van der Waals surface area contributed by atoms with Gasteiger partial charge in [0.1, 0.15) is 11.6 Å². The van der Waals surface area contributed by atoms with E-state index in [1.165, 1.54) is 25.7 Å². The highest BCUT2D eigenvalue weighted by atomic mass is 16.3. The Labute approximate surface area is 125 Å². The third-order valence-electron chi connectivity index (χ3n) is 4.45. The van der Waals surface area contributed by atoms with Crippen molar-refractivity contribution in [3.05, 3.63) is 30.5 Å². The van der Waals surface area contributed by atoms with Crippen LogP contribution in [-0.2, 0) is 0 Å². The normalized spacial score (nSPS) is 15.9. The zero-order valence-electron chi connectivity index (χ0n) is 12.5. The molecule has 112 valence electrons. The highest BCUT2D eigenvalue weighted by Crippen LogP contribution is 2.25. The Morgan fingerprint density at radius 2 is 2.10 bits per heavy atom. The number of benzene rings is 1. The summed E-state index contributed by atoms with van der Waals surface area (Å²) in [5.41, 5.74) is 0. The van der Waals surface area contributed by atoms with Crippen molar-refractivity contribution in [1.29, 1.82) is 0 Å². The van der Waals surface area contributed by atoms with Gasteiger partial charge in [-0.1, -0.05) is 18.9 Å². The van der Waals surface area contributed by atoms with Crippen LogP contribution >= 0.6 is 0 Å². The minimum absolute atomic E-state index is 0.279. The number of rotatable bonds is 5. The average molecular weight is 285 g/mol. The lowest BCUT2D eigenvalue weighted by Crippen LogP contribution is -2.33. The van der Waals surface area contributed by atoms with Gasteiger partial charge in [0, 0.05) is 30.7 Å². The summed E-state index contributed by atoms with van der Waals surface area (Å²) in [6, 6.07) is 8.11. The van der Waals surface area contributed by atoms with Crippen LogP contribution in [0.25, 0.3) is 10.8 Å². The van der Waals surface area contributed by atoms with Crippen molar-refractivity contribution in [2.24, 2.45) is 0 Å². The van der Waals surface area contributed by atoms with Crippen LogP contribution in [0.15, 0.2) is 30.5 Å². The lowest BCUT2D eigenvalue weighted by molar-refractivity contribution is 0.254. The molecule has 0 unspecified atom stereocenters. The molecule has 1 aromatic heterocycles. The number of hydrogen-bond acceptors (Lipinski definition) is 4. The number of phenols is 1. The van der Waals surface area contributed by atoms with Crippen LogP contribution in [0.5, 0.6) is 5.75 Å². The van der Waals surface area contributed by atoms with Gasteiger partial charge >= 0.3 is 0 Å². The molecule has 1 aliphatic carbocycles. The van der Waals surface area contributed by atoms with Gasteiger partial charge in [-0.3, -0.25) is 0 Å². The molecule has 1 saturated carbocycles. The molecule has 0 aliphatic heterocycles. The monoisotopic (exact) mass is 285 g/mol. The summed E-state index contributed by atoms with van der Waals surface area (Å²) in [7, 11) is 2.21. The first-order valence-corrected chi connectivity index (χ1v) is 7.76. The minimum atomic E-state index is 0.279. The molecule has 2 N–H and O–H groups in total. The summed E-state index contributed by atoms with van der Waals surface area (Å²) in [4.78, 5) is 6.85. The minimum Gasteiger partial charge on any atom is -0.508 e. The van der Waals surface area contributed by atoms with Crippen molar-refractivity contribution in [2.75, 3.05) is 25.5 Å². The summed E-state index contributed by atoms with van der Waals surface area (Å²) in [6.45, 7) is 1.89. The van der Waals surface area contributed by atoms with E-state index in [9.17, 15) is 5.11 Å². The Balaban J connectivity index is 1.63. The molecule has 2 aromatic rings. The molecule has 1 aromatic carbocycles. The third-order valence-corrected chi connectivity index (χ3v) is 4.45. The Hall–Kier alpha value is -1.81. The highest BCUT2D eigenvalue weighted by molar-refractivity contribution is 5.92. The van der Waals surface area contributed by atoms with Gasteiger partial charge < -0.3 is 15.3 Å². The molecule has 0 atom stereocenters. The van der Waals surface area contributed by atoms with Crippen molar-refractivity contribution in [3.63, 3.8) is 0 Å². The van der Waals surface area contributed by atoms with Crippen molar-refractivity contribution >= 4 is 16.6 Å². The molecule has 4 nitrogen and oxygen atoms in total. The molecule has 4 heteroatoms. The Morgan fingerprint density at radius 1 is 1.29 bits per heavy atom. The largest absolute Gasteiger partial charge is 0.508 e. The SMILES string of the molecule is CN(CCNc1nccc2ccc(O)cc12)C1CCCC1. The van der Waals surface area contributed by atoms with Gasteiger partial charge in [-0.25, -0.2) is 4.98 Å². The number of pyridine rings is 1. The van der Waals surface area contributed by atoms with Crippen LogP contribution in [-0.4, -0.2) is 41.2 Å². The molecular weight excluding hydrogens is 262 g/mol. The smallest absolute Gasteiger partial charge is 0.133 e. The lowest BCUT2D eigenvalue weighted by Gasteiger charge is -2.24. The maximum atomic E-state index is 9.65. The molecule has 1 heterocycles. The van der Waals surface area contributed by atoms with Gasteiger partial charge in [-0.15, -0.1) is 0 Å². The number of phenolic OH excluding ortho intramolecular Hbond substituents is 1. The van der Waals surface area contributed by atoms with Gasteiger partial charge in [-0.2, -0.15) is 0 Å². The van der Waals surface area contributed by atoms with Crippen LogP contribution in [0.1, 0.15) is 25.7 Å². The first kappa shape index (κ1) is 14.1. The number of aromatic nitrogens is 1. The highest BCUT2D eigenvalue weighted by Gasteiger charge is 2.18. The van der Waals surface area contributed by atoms with Gasteiger partial charge in [-0.05, 0) is 43.5 Å². The fourth-order valence-electron chi connectivity index (χ4n) is 3.18. The van der Waals surface area contributed by atoms with Crippen LogP contribution in [0.3, 0.4) is 0 Å². The van der Waals surface area contributed by atoms with E-state index < -0.39 is 0 Å². The molecular formula is C17H23N3O. The second-order valence-electron chi connectivity index (χ2n) is 5.91. The number of nitrogens with one attached hydrogen (secondary N) is 1. The number of nitrogens with zero attached hydrogens (tertiary/aromatic N) is 2. The molecule has 0 bridgehead atoms. The Bertz CT molecular complexity index is 608. The maximum Gasteiger partial charge on any atom is 0.133 e. The number of anilines is 1. The summed E-state index contributed by atoms with van der Waals surface area (Å²) >= 11 is 0. The zero-order valence-corrected chi connectivity index (χ0v) is 12.5. The quantitative estimate of drug-likeness (QED) is 0.885. The molecule has 0 radical (unpaired) electrons. The zero-order chi connectivity index (χ0) is 14.7. The predicted octanol–water partition coefficient (Wildman–Crippen LogP) is 3.23. The van der Waals surface area contributed by atoms with Crippen LogP contribution in [0, 0.1) is 0 Å². The summed E-state index contributed by atoms with van der Waals surface area (Å²) < 4.78 is 0. The molecule has 0 amide bonds. The van der Waals surface area contributed by atoms with E-state index in [0.717, 1.165) is 35.7 Å². The first-order chi connectivity index (χ1) is 10.2. The van der Waals surface area contributed by atoms with Crippen LogP contribution in [0.2, 0.25) is 0 Å². The van der Waals surface area contributed by atoms with E-state index in [4.69, 9.17) is 0 Å². The van der Waals surface area contributed by atoms with E-state index >= 15 is 0 Å². The number of aromatic hydroxyl groups is 1. The molecule has 1 aliphatic rings. The van der Waals surface area contributed by atoms with E-state index in [2.05, 4.69) is 22.2 Å². The predicted molar refractivity (Wildman–Crippen MR) is 86.8 cm³/mol. The average Bonchev–Trinajstić information content (AvgIpc) is 3.02. The summed E-state index contributed by atoms with van der Waals surface area (Å²) in [5.74, 6) is 1.13. The number of fused-ring (bicyclic) bond motifs is 1. The van der Waals surface area contributed by atoms with E-state index in [1.807, 2.05) is 18.3 Å². The van der Waals surface area contributed by atoms with E-state index in [1.54, 1.807) is 12.1 Å². The summed E-state index contributed by atoms with van der Waals surface area (Å²) in [5, 5.41) is 15.1. The van der Waals surface area contributed by atoms with E-state index in [0.29, 0.717) is 0 Å². The van der Waals surface area contributed by atoms with Gasteiger partial charge in [0.25, 0.3) is 0 Å². The Kier molecular flexibility index (Phi) is 4.25. The van der Waals surface area contributed by atoms with Crippen molar-refractivity contribution in [2.45, 2.75) is 31.7 Å². The molecule has 0 saturated heterocycles. The second-order valence-corrected chi connectivity index (χ2v) is 5.91. The number of hydrogen-bond donors (Lipinski definition) is 2. The molecule has 21 heavy (non-hydrogen) atoms. The molecule has 3 rings (SSSR count). The van der Waals surface area contributed by atoms with E-state index in [-0.39, 0.29) is 5.75 Å². The Morgan fingerprint density at radius 3 is 2.90 bits per heavy atom. The second kappa shape index (κ2) is 6.31. The van der Waals surface area contributed by atoms with Crippen LogP contribution in [0.4, 0.5) is 5.82 Å². The molecule has 0 spiro atoms. The number of likely N-dealkylation sites (N-methyl/N-ethyl adjacent to an activating group) is 1. The molecule has 1 fully saturated rings. The topological polar surface area (TPSA) is 48.4 Å². The standard InChI is InChI=1S/C17H23N3O/c1-20(14-4-2-3-5-14)11-10-19-17-16-12-15(21)7-6-13(16)8-9-18-17/h6-9,12,14,21H,2-5,10-11H2,1H3,(H,18,19). The van der Waals surface area contributed by atoms with Crippen molar-refractivity contribution < 1.29 is 5.11 Å². The third kappa shape index (κ3) is 3.27. The van der Waals surface area contributed by atoms with Gasteiger partial charge in [0.2, 0.25) is 0 Å². The summed E-state index contributed by atoms with van der Waals surface area (Å²) in [6.07, 6.45) is 7.20. The van der Waals surface area contributed by atoms with Crippen molar-refractivity contribution in [3.8, 4) is 5.75 Å². The van der Waals surface area contributed by atoms with Gasteiger partial charge in [0.05, 0.1) is 0 Å². The first-order valence-electron chi connectivity index (χ1n) is 7.76. The maximum absolute atomic E-state index is 9.65. The van der Waals surface area contributed by atoms with Gasteiger partial charge in [0.15, 0.2) is 0 Å². The van der Waals surface area contributed by atoms with Crippen LogP contribution < -0.4 is 5.32 Å². The fourth-order valence-corrected chi connectivity index (χ4v) is 3.18.